The molecule has 1 heterocycles. The van der Waals surface area contributed by atoms with Crippen LogP contribution in [0.25, 0.3) is 0 Å². The van der Waals surface area contributed by atoms with E-state index in [9.17, 15) is 9.59 Å². The van der Waals surface area contributed by atoms with Crippen molar-refractivity contribution in [2.75, 3.05) is 6.54 Å². The third kappa shape index (κ3) is 2.76. The Morgan fingerprint density at radius 3 is 2.63 bits per heavy atom. The Balaban J connectivity index is 1.42. The number of Topliss-reactive ketones (excluding diaryl/α,β-unsaturated/α-hetero) is 1. The molecule has 0 radical (unpaired) electrons. The molecular weight excluding hydrogens is 370 g/mol. The van der Waals surface area contributed by atoms with E-state index in [0.29, 0.717) is 18.1 Å². The molecule has 0 spiro atoms. The molecule has 5 rings (SSSR count). The highest BCUT2D eigenvalue weighted by atomic mass is 16.2. The number of rotatable bonds is 3. The summed E-state index contributed by atoms with van der Waals surface area (Å²) in [6.45, 7) is 11.9. The van der Waals surface area contributed by atoms with Gasteiger partial charge in [0.25, 0.3) is 0 Å². The molecule has 0 unspecified atom stereocenters. The Kier molecular flexibility index (Phi) is 4.69. The molecule has 0 aromatic heterocycles. The standard InChI is InChI=1S/C27H37NO2/c1-17(28-15-5-6-25(28)30)19-11-13-26(3)20(16-19)7-8-21-23-10-9-22(18(2)29)27(23,4)14-12-24(21)26/h7,16,21-24H,1,5-6,8-15H2,2-4H3/t21-,22+,23-,24-,26-,27+/m0/s1. The summed E-state index contributed by atoms with van der Waals surface area (Å²) in [7, 11) is 0. The first-order chi connectivity index (χ1) is 14.3. The fourth-order valence-corrected chi connectivity index (χ4v) is 8.33. The molecule has 1 amide bonds. The lowest BCUT2D eigenvalue weighted by atomic mass is 9.47. The van der Waals surface area contributed by atoms with Crippen LogP contribution in [0.4, 0.5) is 0 Å². The van der Waals surface area contributed by atoms with Gasteiger partial charge in [-0.2, -0.15) is 0 Å². The van der Waals surface area contributed by atoms with Gasteiger partial charge >= 0.3 is 0 Å². The third-order valence-electron chi connectivity index (χ3n) is 10.0. The zero-order valence-electron chi connectivity index (χ0n) is 19.0. The zero-order chi connectivity index (χ0) is 21.3. The second-order valence-electron chi connectivity index (χ2n) is 11.2. The fraction of sp³-hybridized carbons (Fsp3) is 0.704. The molecule has 4 aliphatic carbocycles. The molecule has 0 aromatic rings. The smallest absolute Gasteiger partial charge is 0.227 e. The number of hydrogen-bond donors (Lipinski definition) is 0. The fourth-order valence-electron chi connectivity index (χ4n) is 8.33. The van der Waals surface area contributed by atoms with Crippen LogP contribution in [0.5, 0.6) is 0 Å². The van der Waals surface area contributed by atoms with Crippen molar-refractivity contribution in [2.45, 2.75) is 78.6 Å². The number of hydrogen-bond acceptors (Lipinski definition) is 2. The highest BCUT2D eigenvalue weighted by molar-refractivity contribution is 5.81. The zero-order valence-corrected chi connectivity index (χ0v) is 19.0. The lowest BCUT2D eigenvalue weighted by Crippen LogP contribution is -2.49. The Morgan fingerprint density at radius 2 is 1.93 bits per heavy atom. The second-order valence-corrected chi connectivity index (χ2v) is 11.2. The molecule has 0 aromatic carbocycles. The first-order valence-corrected chi connectivity index (χ1v) is 12.2. The number of carbonyl (C=O) groups is 2. The van der Waals surface area contributed by atoms with Crippen molar-refractivity contribution in [2.24, 2.45) is 34.5 Å². The molecular formula is C27H37NO2. The van der Waals surface area contributed by atoms with Crippen molar-refractivity contribution >= 4 is 11.7 Å². The minimum Gasteiger partial charge on any atom is -0.313 e. The average Bonchev–Trinajstić information content (AvgIpc) is 3.29. The van der Waals surface area contributed by atoms with Gasteiger partial charge in [-0.05, 0) is 98.0 Å². The lowest BCUT2D eigenvalue weighted by molar-refractivity contribution is -0.127. The monoisotopic (exact) mass is 407 g/mol. The van der Waals surface area contributed by atoms with Crippen LogP contribution in [0.15, 0.2) is 35.6 Å². The van der Waals surface area contributed by atoms with Crippen LogP contribution in [0.1, 0.15) is 78.6 Å². The SMILES string of the molecule is C=C(C1=CC2=CC[C@H]3[C@@H]4CC[C@H](C(C)=O)[C@@]4(C)CC[C@@H]3[C@@]2(C)CC1)N1CCCC1=O. The highest BCUT2D eigenvalue weighted by Gasteiger charge is 2.59. The Bertz CT molecular complexity index is 866. The quantitative estimate of drug-likeness (QED) is 0.590. The molecule has 1 saturated heterocycles. The average molecular weight is 408 g/mol. The van der Waals surface area contributed by atoms with Gasteiger partial charge < -0.3 is 4.90 Å². The third-order valence-corrected chi connectivity index (χ3v) is 10.0. The number of amides is 1. The van der Waals surface area contributed by atoms with Crippen LogP contribution in [0.3, 0.4) is 0 Å². The maximum atomic E-state index is 12.3. The van der Waals surface area contributed by atoms with E-state index < -0.39 is 0 Å². The van der Waals surface area contributed by atoms with Gasteiger partial charge in [0, 0.05) is 24.6 Å². The summed E-state index contributed by atoms with van der Waals surface area (Å²) < 4.78 is 0. The van der Waals surface area contributed by atoms with Crippen molar-refractivity contribution in [3.8, 4) is 0 Å². The van der Waals surface area contributed by atoms with Gasteiger partial charge in [-0.25, -0.2) is 0 Å². The van der Waals surface area contributed by atoms with E-state index in [1.165, 1.54) is 30.4 Å². The molecule has 5 aliphatic rings. The van der Waals surface area contributed by atoms with Gasteiger partial charge in [0.05, 0.1) is 0 Å². The van der Waals surface area contributed by atoms with E-state index in [4.69, 9.17) is 0 Å². The van der Waals surface area contributed by atoms with E-state index in [-0.39, 0.29) is 22.7 Å². The summed E-state index contributed by atoms with van der Waals surface area (Å²) in [6.07, 6.45) is 14.6. The summed E-state index contributed by atoms with van der Waals surface area (Å²) in [6, 6.07) is 0. The van der Waals surface area contributed by atoms with Gasteiger partial charge in [0.15, 0.2) is 0 Å². The maximum Gasteiger partial charge on any atom is 0.227 e. The second kappa shape index (κ2) is 6.93. The van der Waals surface area contributed by atoms with Crippen molar-refractivity contribution in [1.29, 1.82) is 0 Å². The molecule has 2 saturated carbocycles. The number of nitrogens with zero attached hydrogens (tertiary/aromatic N) is 1. The molecule has 0 bridgehead atoms. The molecule has 0 N–H and O–H groups in total. The molecule has 3 heteroatoms. The van der Waals surface area contributed by atoms with E-state index in [0.717, 1.165) is 56.2 Å². The summed E-state index contributed by atoms with van der Waals surface area (Å²) in [5, 5.41) is 0. The first kappa shape index (κ1) is 20.3. The van der Waals surface area contributed by atoms with E-state index >= 15 is 0 Å². The van der Waals surface area contributed by atoms with Crippen LogP contribution < -0.4 is 0 Å². The van der Waals surface area contributed by atoms with Crippen LogP contribution in [0.2, 0.25) is 0 Å². The summed E-state index contributed by atoms with van der Waals surface area (Å²) in [5.41, 5.74) is 4.15. The number of allylic oxidation sites excluding steroid dienone is 4. The van der Waals surface area contributed by atoms with Gasteiger partial charge in [-0.1, -0.05) is 32.6 Å². The molecule has 30 heavy (non-hydrogen) atoms. The van der Waals surface area contributed by atoms with Crippen LogP contribution in [-0.2, 0) is 9.59 Å². The predicted molar refractivity (Wildman–Crippen MR) is 119 cm³/mol. The highest BCUT2D eigenvalue weighted by Crippen LogP contribution is 2.66. The van der Waals surface area contributed by atoms with Gasteiger partial charge in [0.2, 0.25) is 5.91 Å². The number of ketones is 1. The van der Waals surface area contributed by atoms with Crippen LogP contribution in [0, 0.1) is 34.5 Å². The van der Waals surface area contributed by atoms with Crippen molar-refractivity contribution in [3.05, 3.63) is 35.6 Å². The van der Waals surface area contributed by atoms with E-state index in [2.05, 4.69) is 32.6 Å². The molecule has 3 nitrogen and oxygen atoms in total. The summed E-state index contributed by atoms with van der Waals surface area (Å²) >= 11 is 0. The number of likely N-dealkylation sites (tertiary alicyclic amines) is 1. The normalized spacial score (nSPS) is 42.8. The topological polar surface area (TPSA) is 37.4 Å². The van der Waals surface area contributed by atoms with Crippen LogP contribution >= 0.6 is 0 Å². The van der Waals surface area contributed by atoms with Crippen molar-refractivity contribution in [3.63, 3.8) is 0 Å². The Morgan fingerprint density at radius 1 is 1.13 bits per heavy atom. The lowest BCUT2D eigenvalue weighted by Gasteiger charge is -2.57. The van der Waals surface area contributed by atoms with Gasteiger partial charge in [-0.3, -0.25) is 9.59 Å². The Labute approximate surface area is 181 Å². The molecule has 3 fully saturated rings. The molecule has 162 valence electrons. The summed E-state index contributed by atoms with van der Waals surface area (Å²) in [5.74, 6) is 3.07. The van der Waals surface area contributed by atoms with Gasteiger partial charge in [-0.15, -0.1) is 0 Å². The van der Waals surface area contributed by atoms with Crippen molar-refractivity contribution < 1.29 is 9.59 Å². The van der Waals surface area contributed by atoms with Crippen LogP contribution in [-0.4, -0.2) is 23.1 Å². The molecule has 1 aliphatic heterocycles. The minimum atomic E-state index is 0.217. The largest absolute Gasteiger partial charge is 0.313 e. The number of carbonyl (C=O) groups excluding carboxylic acids is 2. The summed E-state index contributed by atoms with van der Waals surface area (Å²) in [4.78, 5) is 26.4. The van der Waals surface area contributed by atoms with E-state index in [1.54, 1.807) is 0 Å². The predicted octanol–water partition coefficient (Wildman–Crippen LogP) is 5.83. The van der Waals surface area contributed by atoms with E-state index in [1.807, 2.05) is 11.8 Å². The number of fused-ring (bicyclic) bond motifs is 5. The first-order valence-electron chi connectivity index (χ1n) is 12.2. The Hall–Kier alpha value is -1.64. The minimum absolute atomic E-state index is 0.217. The van der Waals surface area contributed by atoms with Crippen molar-refractivity contribution in [1.82, 2.24) is 4.90 Å². The maximum absolute atomic E-state index is 12.3. The van der Waals surface area contributed by atoms with Gasteiger partial charge in [0.1, 0.15) is 5.78 Å². The molecule has 6 atom stereocenters.